The molecule has 1 aromatic carbocycles. The van der Waals surface area contributed by atoms with E-state index in [1.54, 1.807) is 0 Å². The lowest BCUT2D eigenvalue weighted by atomic mass is 10.2. The molecule has 1 fully saturated rings. The second kappa shape index (κ2) is 8.09. The average molecular weight is 318 g/mol. The zero-order chi connectivity index (χ0) is 16.7. The summed E-state index contributed by atoms with van der Waals surface area (Å²) in [5.74, 6) is -2.72. The molecular formula is C16H18N2O5. The quantitative estimate of drug-likeness (QED) is 0.736. The number of fused-ring (bicyclic) bond motifs is 1. The Hall–Kier alpha value is -2.67. The number of carboxylic acids is 2. The largest absolute Gasteiger partial charge is 0.492 e. The standard InChI is InChI=1S/C14H16N2O.C2H2O4/c1-3-11-9-13(5-6-14(11)16-8-1)17-10-12-4-2-7-15-12;3-1(4)2(5)6/h1,3,5-6,8-9,12,15H,2,4,7,10H2;(H,3,4)(H,5,6)/t12-;/m1./s1. The van der Waals surface area contributed by atoms with E-state index < -0.39 is 11.9 Å². The number of pyridine rings is 1. The third-order valence-electron chi connectivity index (χ3n) is 3.37. The van der Waals surface area contributed by atoms with E-state index in [2.05, 4.69) is 22.4 Å². The number of ether oxygens (including phenoxy) is 1. The molecule has 7 nitrogen and oxygen atoms in total. The number of aromatic nitrogens is 1. The number of aliphatic carboxylic acids is 2. The van der Waals surface area contributed by atoms with Gasteiger partial charge in [-0.3, -0.25) is 4.98 Å². The Bertz CT molecular complexity index is 671. The fraction of sp³-hybridized carbons (Fsp3) is 0.312. The maximum atomic E-state index is 9.10. The molecule has 0 bridgehead atoms. The second-order valence-electron chi connectivity index (χ2n) is 5.07. The SMILES string of the molecule is O=C(O)C(=O)O.c1cnc2ccc(OC[C@H]3CCCN3)cc2c1. The molecule has 0 spiro atoms. The number of hydrogen-bond acceptors (Lipinski definition) is 5. The lowest BCUT2D eigenvalue weighted by Gasteiger charge is -2.12. The highest BCUT2D eigenvalue weighted by atomic mass is 16.5. The summed E-state index contributed by atoms with van der Waals surface area (Å²) in [7, 11) is 0. The number of carboxylic acid groups (broad SMARTS) is 2. The van der Waals surface area contributed by atoms with Gasteiger partial charge in [-0.25, -0.2) is 9.59 Å². The van der Waals surface area contributed by atoms with Crippen molar-refractivity contribution in [3.8, 4) is 5.75 Å². The average Bonchev–Trinajstić information content (AvgIpc) is 3.06. The molecule has 0 unspecified atom stereocenters. The summed E-state index contributed by atoms with van der Waals surface area (Å²) in [5, 5.41) is 19.3. The van der Waals surface area contributed by atoms with Gasteiger partial charge in [-0.1, -0.05) is 6.07 Å². The summed E-state index contributed by atoms with van der Waals surface area (Å²) in [6, 6.07) is 10.6. The van der Waals surface area contributed by atoms with Crippen LogP contribution in [0.4, 0.5) is 0 Å². The minimum absolute atomic E-state index is 0.514. The molecule has 2 heterocycles. The summed E-state index contributed by atoms with van der Waals surface area (Å²) >= 11 is 0. The van der Waals surface area contributed by atoms with E-state index >= 15 is 0 Å². The fourth-order valence-corrected chi connectivity index (χ4v) is 2.24. The molecule has 0 saturated carbocycles. The Morgan fingerprint density at radius 3 is 2.70 bits per heavy atom. The first-order valence-corrected chi connectivity index (χ1v) is 7.23. The molecule has 1 aliphatic heterocycles. The molecule has 3 rings (SSSR count). The van der Waals surface area contributed by atoms with E-state index in [1.165, 1.54) is 12.8 Å². The number of nitrogens with one attached hydrogen (secondary N) is 1. The first kappa shape index (κ1) is 16.7. The highest BCUT2D eigenvalue weighted by molar-refractivity contribution is 6.27. The molecule has 0 radical (unpaired) electrons. The highest BCUT2D eigenvalue weighted by Gasteiger charge is 2.14. The molecule has 1 atom stereocenters. The molecule has 7 heteroatoms. The monoisotopic (exact) mass is 318 g/mol. The molecule has 122 valence electrons. The minimum Gasteiger partial charge on any atom is -0.492 e. The smallest absolute Gasteiger partial charge is 0.414 e. The topological polar surface area (TPSA) is 109 Å². The van der Waals surface area contributed by atoms with Gasteiger partial charge in [0.2, 0.25) is 0 Å². The fourth-order valence-electron chi connectivity index (χ4n) is 2.24. The Morgan fingerprint density at radius 1 is 1.26 bits per heavy atom. The summed E-state index contributed by atoms with van der Waals surface area (Å²) < 4.78 is 5.81. The van der Waals surface area contributed by atoms with E-state index in [4.69, 9.17) is 24.5 Å². The van der Waals surface area contributed by atoms with Crippen LogP contribution < -0.4 is 10.1 Å². The third-order valence-corrected chi connectivity index (χ3v) is 3.37. The van der Waals surface area contributed by atoms with Crippen LogP contribution in [0.3, 0.4) is 0 Å². The number of benzene rings is 1. The van der Waals surface area contributed by atoms with E-state index in [9.17, 15) is 0 Å². The van der Waals surface area contributed by atoms with Crippen molar-refractivity contribution in [1.29, 1.82) is 0 Å². The highest BCUT2D eigenvalue weighted by Crippen LogP contribution is 2.19. The van der Waals surface area contributed by atoms with Crippen LogP contribution >= 0.6 is 0 Å². The molecule has 1 aliphatic rings. The van der Waals surface area contributed by atoms with Gasteiger partial charge >= 0.3 is 11.9 Å². The van der Waals surface area contributed by atoms with E-state index in [-0.39, 0.29) is 0 Å². The summed E-state index contributed by atoms with van der Waals surface area (Å²) in [5.41, 5.74) is 1.01. The van der Waals surface area contributed by atoms with Crippen LogP contribution in [0.1, 0.15) is 12.8 Å². The third kappa shape index (κ3) is 5.23. The lowest BCUT2D eigenvalue weighted by Crippen LogP contribution is -2.28. The van der Waals surface area contributed by atoms with Gasteiger partial charge in [0.05, 0.1) is 5.52 Å². The van der Waals surface area contributed by atoms with Gasteiger partial charge in [-0.05, 0) is 43.7 Å². The zero-order valence-electron chi connectivity index (χ0n) is 12.4. The van der Waals surface area contributed by atoms with Crippen LogP contribution in [-0.2, 0) is 9.59 Å². The van der Waals surface area contributed by atoms with Gasteiger partial charge in [0, 0.05) is 17.6 Å². The summed E-state index contributed by atoms with van der Waals surface area (Å²) in [6.45, 7) is 1.88. The van der Waals surface area contributed by atoms with Crippen LogP contribution in [0.15, 0.2) is 36.5 Å². The predicted octanol–water partition coefficient (Wildman–Crippen LogP) is 1.52. The van der Waals surface area contributed by atoms with Gasteiger partial charge in [0.1, 0.15) is 12.4 Å². The lowest BCUT2D eigenvalue weighted by molar-refractivity contribution is -0.159. The minimum atomic E-state index is -1.82. The van der Waals surface area contributed by atoms with Gasteiger partial charge in [0.25, 0.3) is 0 Å². The number of nitrogens with zero attached hydrogens (tertiary/aromatic N) is 1. The Morgan fingerprint density at radius 2 is 2.04 bits per heavy atom. The van der Waals surface area contributed by atoms with E-state index in [1.807, 2.05) is 24.4 Å². The first-order valence-electron chi connectivity index (χ1n) is 7.23. The molecular weight excluding hydrogens is 300 g/mol. The second-order valence-corrected chi connectivity index (χ2v) is 5.07. The van der Waals surface area contributed by atoms with Gasteiger partial charge in [0.15, 0.2) is 0 Å². The van der Waals surface area contributed by atoms with Crippen LogP contribution in [0.5, 0.6) is 5.75 Å². The van der Waals surface area contributed by atoms with Crippen molar-refractivity contribution in [2.24, 2.45) is 0 Å². The van der Waals surface area contributed by atoms with Crippen molar-refractivity contribution >= 4 is 22.8 Å². The maximum Gasteiger partial charge on any atom is 0.414 e. The number of carbonyl (C=O) groups is 2. The molecule has 1 saturated heterocycles. The molecule has 0 amide bonds. The van der Waals surface area contributed by atoms with Crippen molar-refractivity contribution in [2.45, 2.75) is 18.9 Å². The van der Waals surface area contributed by atoms with Crippen molar-refractivity contribution in [3.05, 3.63) is 36.5 Å². The van der Waals surface area contributed by atoms with Crippen molar-refractivity contribution < 1.29 is 24.5 Å². The van der Waals surface area contributed by atoms with Gasteiger partial charge in [-0.2, -0.15) is 0 Å². The summed E-state index contributed by atoms with van der Waals surface area (Å²) in [6.07, 6.45) is 4.29. The van der Waals surface area contributed by atoms with E-state index in [0.29, 0.717) is 6.04 Å². The Kier molecular flexibility index (Phi) is 5.87. The van der Waals surface area contributed by atoms with Crippen LogP contribution in [-0.4, -0.2) is 46.3 Å². The normalized spacial score (nSPS) is 16.4. The van der Waals surface area contributed by atoms with Gasteiger partial charge in [-0.15, -0.1) is 0 Å². The first-order chi connectivity index (χ1) is 11.1. The molecule has 2 aromatic rings. The van der Waals surface area contributed by atoms with Crippen LogP contribution in [0, 0.1) is 0 Å². The van der Waals surface area contributed by atoms with Gasteiger partial charge < -0.3 is 20.3 Å². The predicted molar refractivity (Wildman–Crippen MR) is 83.5 cm³/mol. The van der Waals surface area contributed by atoms with Crippen LogP contribution in [0.2, 0.25) is 0 Å². The van der Waals surface area contributed by atoms with Crippen molar-refractivity contribution in [2.75, 3.05) is 13.2 Å². The molecule has 23 heavy (non-hydrogen) atoms. The Labute approximate surface area is 132 Å². The summed E-state index contributed by atoms with van der Waals surface area (Å²) in [4.78, 5) is 22.5. The molecule has 1 aromatic heterocycles. The van der Waals surface area contributed by atoms with Crippen molar-refractivity contribution in [3.63, 3.8) is 0 Å². The zero-order valence-corrected chi connectivity index (χ0v) is 12.4. The Balaban J connectivity index is 0.000000277. The van der Waals surface area contributed by atoms with Crippen LogP contribution in [0.25, 0.3) is 10.9 Å². The maximum absolute atomic E-state index is 9.10. The number of rotatable bonds is 3. The van der Waals surface area contributed by atoms with Crippen molar-refractivity contribution in [1.82, 2.24) is 10.3 Å². The molecule has 3 N–H and O–H groups in total. The number of hydrogen-bond donors (Lipinski definition) is 3. The molecule has 0 aliphatic carbocycles. The van der Waals surface area contributed by atoms with E-state index in [0.717, 1.165) is 29.8 Å².